The van der Waals surface area contributed by atoms with E-state index in [9.17, 15) is 9.59 Å². The zero-order valence-electron chi connectivity index (χ0n) is 8.49. The quantitative estimate of drug-likeness (QED) is 0.670. The highest BCUT2D eigenvalue weighted by Gasteiger charge is 2.22. The predicted octanol–water partition coefficient (Wildman–Crippen LogP) is 0.222. The molecule has 2 N–H and O–H groups in total. The van der Waals surface area contributed by atoms with Crippen molar-refractivity contribution in [1.82, 2.24) is 5.32 Å². The average molecular weight is 205 g/mol. The van der Waals surface area contributed by atoms with Gasteiger partial charge in [-0.2, -0.15) is 0 Å². The lowest BCUT2D eigenvalue weighted by atomic mass is 10.1. The van der Waals surface area contributed by atoms with Gasteiger partial charge < -0.3 is 19.9 Å². The highest BCUT2D eigenvalue weighted by atomic mass is 16.6. The van der Waals surface area contributed by atoms with Crippen LogP contribution < -0.4 is 5.32 Å². The van der Waals surface area contributed by atoms with Gasteiger partial charge in [0.05, 0.1) is 6.61 Å². The van der Waals surface area contributed by atoms with Crippen LogP contribution in [0.15, 0.2) is 0 Å². The van der Waals surface area contributed by atoms with Crippen molar-refractivity contribution in [3.8, 4) is 0 Å². The van der Waals surface area contributed by atoms with E-state index >= 15 is 0 Å². The number of carboxylic acids is 1. The fourth-order valence-electron chi connectivity index (χ4n) is 0.812. The summed E-state index contributed by atoms with van der Waals surface area (Å²) in [6.45, 7) is 3.11. The number of amides is 1. The van der Waals surface area contributed by atoms with Crippen LogP contribution in [0.3, 0.4) is 0 Å². The van der Waals surface area contributed by atoms with E-state index < -0.39 is 24.2 Å². The van der Waals surface area contributed by atoms with E-state index in [2.05, 4.69) is 5.32 Å². The van der Waals surface area contributed by atoms with Crippen molar-refractivity contribution in [3.63, 3.8) is 0 Å². The molecule has 0 aliphatic rings. The molecule has 0 radical (unpaired) electrons. The Morgan fingerprint density at radius 1 is 1.43 bits per heavy atom. The molecule has 0 aromatic carbocycles. The van der Waals surface area contributed by atoms with Crippen molar-refractivity contribution < 1.29 is 24.2 Å². The number of rotatable bonds is 5. The van der Waals surface area contributed by atoms with Crippen molar-refractivity contribution in [3.05, 3.63) is 0 Å². The van der Waals surface area contributed by atoms with Gasteiger partial charge in [-0.25, -0.2) is 4.79 Å². The zero-order valence-corrected chi connectivity index (χ0v) is 8.49. The fraction of sp³-hybridized carbons (Fsp3) is 0.750. The van der Waals surface area contributed by atoms with E-state index in [0.29, 0.717) is 0 Å². The molecule has 1 amide bonds. The number of carboxylic acid groups (broad SMARTS) is 1. The van der Waals surface area contributed by atoms with Gasteiger partial charge in [0.1, 0.15) is 12.1 Å². The highest BCUT2D eigenvalue weighted by Crippen LogP contribution is 2.08. The summed E-state index contributed by atoms with van der Waals surface area (Å²) in [6, 6.07) is 0. The molecule has 0 aromatic rings. The maximum atomic E-state index is 11.0. The Morgan fingerprint density at radius 3 is 2.43 bits per heavy atom. The minimum Gasteiger partial charge on any atom is -0.480 e. The monoisotopic (exact) mass is 205 g/mol. The normalized spacial score (nSPS) is 10.8. The molecule has 6 heteroatoms. The van der Waals surface area contributed by atoms with Crippen molar-refractivity contribution in [2.75, 3.05) is 20.3 Å². The molecule has 0 spiro atoms. The first kappa shape index (κ1) is 12.7. The molecule has 0 aliphatic heterocycles. The number of aliphatic carboxylic acids is 1. The maximum Gasteiger partial charge on any atom is 0.408 e. The van der Waals surface area contributed by atoms with Gasteiger partial charge in [0.25, 0.3) is 0 Å². The molecular formula is C8H15NO5. The molecule has 0 rings (SSSR count). The van der Waals surface area contributed by atoms with Crippen LogP contribution in [0.5, 0.6) is 0 Å². The van der Waals surface area contributed by atoms with Gasteiger partial charge in [0, 0.05) is 7.11 Å². The van der Waals surface area contributed by atoms with E-state index in [1.165, 1.54) is 7.11 Å². The van der Waals surface area contributed by atoms with Crippen LogP contribution in [0.25, 0.3) is 0 Å². The second-order valence-corrected chi connectivity index (χ2v) is 3.33. The van der Waals surface area contributed by atoms with Gasteiger partial charge in [0.2, 0.25) is 0 Å². The minimum atomic E-state index is -1.12. The second-order valence-electron chi connectivity index (χ2n) is 3.33. The van der Waals surface area contributed by atoms with Crippen LogP contribution in [0.2, 0.25) is 0 Å². The van der Waals surface area contributed by atoms with Gasteiger partial charge in [-0.1, -0.05) is 0 Å². The molecule has 0 bridgehead atoms. The third kappa shape index (κ3) is 6.24. The molecule has 82 valence electrons. The van der Waals surface area contributed by atoms with Crippen LogP contribution in [-0.4, -0.2) is 43.0 Å². The third-order valence-electron chi connectivity index (χ3n) is 1.24. The van der Waals surface area contributed by atoms with E-state index in [1.54, 1.807) is 13.8 Å². The number of ether oxygens (including phenoxy) is 2. The summed E-state index contributed by atoms with van der Waals surface area (Å²) in [5.74, 6) is -1.12. The fourth-order valence-corrected chi connectivity index (χ4v) is 0.812. The molecule has 0 saturated carbocycles. The van der Waals surface area contributed by atoms with E-state index in [-0.39, 0.29) is 6.61 Å². The van der Waals surface area contributed by atoms with Crippen LogP contribution >= 0.6 is 0 Å². The van der Waals surface area contributed by atoms with Crippen LogP contribution in [0.1, 0.15) is 13.8 Å². The minimum absolute atomic E-state index is 0.244. The van der Waals surface area contributed by atoms with Crippen molar-refractivity contribution in [2.45, 2.75) is 19.4 Å². The summed E-state index contributed by atoms with van der Waals surface area (Å²) in [4.78, 5) is 21.1. The first-order valence-electron chi connectivity index (χ1n) is 4.05. The summed E-state index contributed by atoms with van der Waals surface area (Å²) in [5, 5.41) is 10.3. The van der Waals surface area contributed by atoms with Gasteiger partial charge >= 0.3 is 12.1 Å². The lowest BCUT2D eigenvalue weighted by molar-refractivity contribution is -0.136. The van der Waals surface area contributed by atoms with Crippen LogP contribution in [0.4, 0.5) is 4.79 Å². The Bertz CT molecular complexity index is 214. The predicted molar refractivity (Wildman–Crippen MR) is 48.1 cm³/mol. The van der Waals surface area contributed by atoms with E-state index in [0.717, 1.165) is 0 Å². The molecule has 0 heterocycles. The highest BCUT2D eigenvalue weighted by molar-refractivity contribution is 5.76. The van der Waals surface area contributed by atoms with Crippen molar-refractivity contribution >= 4 is 12.1 Å². The molecule has 14 heavy (non-hydrogen) atoms. The molecule has 0 aromatic heterocycles. The van der Waals surface area contributed by atoms with E-state index in [1.807, 2.05) is 0 Å². The topological polar surface area (TPSA) is 84.9 Å². The Balaban J connectivity index is 3.86. The van der Waals surface area contributed by atoms with Crippen molar-refractivity contribution in [1.29, 1.82) is 0 Å². The molecule has 0 fully saturated rings. The molecule has 6 nitrogen and oxygen atoms in total. The number of methoxy groups -OCH3 is 1. The van der Waals surface area contributed by atoms with Gasteiger partial charge in [-0.3, -0.25) is 4.79 Å². The summed E-state index contributed by atoms with van der Waals surface area (Å²) in [6.07, 6.45) is -0.769. The number of hydrogen-bond acceptors (Lipinski definition) is 4. The number of carbonyl (C=O) groups is 2. The summed E-state index contributed by atoms with van der Waals surface area (Å²) in [7, 11) is 1.49. The Kier molecular flexibility index (Phi) is 4.93. The first-order chi connectivity index (χ1) is 6.37. The lowest BCUT2D eigenvalue weighted by Crippen LogP contribution is -2.39. The first-order valence-corrected chi connectivity index (χ1v) is 4.05. The molecular weight excluding hydrogens is 190 g/mol. The van der Waals surface area contributed by atoms with Gasteiger partial charge in [-0.15, -0.1) is 0 Å². The second kappa shape index (κ2) is 5.43. The van der Waals surface area contributed by atoms with E-state index in [4.69, 9.17) is 14.6 Å². The Morgan fingerprint density at radius 2 is 2.00 bits per heavy atom. The Labute approximate surface area is 82.2 Å². The lowest BCUT2D eigenvalue weighted by Gasteiger charge is -2.23. The molecule has 0 unspecified atom stereocenters. The summed E-state index contributed by atoms with van der Waals surface area (Å²) < 4.78 is 9.70. The number of alkyl carbamates (subject to hydrolysis) is 1. The third-order valence-corrected chi connectivity index (χ3v) is 1.24. The standard InChI is InChI=1S/C8H15NO5/c1-8(2,5-13-3)14-7(12)9-4-6(10)11/h4-5H2,1-3H3,(H,9,12)(H,10,11). The average Bonchev–Trinajstić information content (AvgIpc) is 1.99. The largest absolute Gasteiger partial charge is 0.480 e. The number of hydrogen-bond donors (Lipinski definition) is 2. The van der Waals surface area contributed by atoms with Crippen LogP contribution in [-0.2, 0) is 14.3 Å². The number of carbonyl (C=O) groups excluding carboxylic acids is 1. The van der Waals surface area contributed by atoms with Gasteiger partial charge in [0.15, 0.2) is 0 Å². The molecule has 0 saturated heterocycles. The zero-order chi connectivity index (χ0) is 11.2. The SMILES string of the molecule is COCC(C)(C)OC(=O)NCC(=O)O. The molecule has 0 atom stereocenters. The maximum absolute atomic E-state index is 11.0. The molecule has 0 aliphatic carbocycles. The summed E-state index contributed by atoms with van der Waals surface area (Å²) >= 11 is 0. The number of nitrogens with one attached hydrogen (secondary N) is 1. The Hall–Kier alpha value is -1.30. The van der Waals surface area contributed by atoms with Crippen molar-refractivity contribution in [2.24, 2.45) is 0 Å². The summed E-state index contributed by atoms with van der Waals surface area (Å²) in [5.41, 5.74) is -0.767. The smallest absolute Gasteiger partial charge is 0.408 e. The van der Waals surface area contributed by atoms with Crippen LogP contribution in [0, 0.1) is 0 Å². The van der Waals surface area contributed by atoms with Gasteiger partial charge in [-0.05, 0) is 13.8 Å².